The summed E-state index contributed by atoms with van der Waals surface area (Å²) >= 11 is 0. The minimum atomic E-state index is -0.639. The zero-order valence-corrected chi connectivity index (χ0v) is 15.7. The van der Waals surface area contributed by atoms with E-state index < -0.39 is 11.9 Å². The van der Waals surface area contributed by atoms with Gasteiger partial charge in [0.25, 0.3) is 0 Å². The fourth-order valence-corrected chi connectivity index (χ4v) is 1.98. The number of benzene rings is 2. The minimum absolute atomic E-state index is 0.358. The van der Waals surface area contributed by atoms with Crippen molar-refractivity contribution in [3.05, 3.63) is 133 Å². The van der Waals surface area contributed by atoms with E-state index in [1.165, 1.54) is 0 Å². The molecule has 2 aromatic heterocycles. The second-order valence-corrected chi connectivity index (χ2v) is 5.46. The molecule has 0 saturated carbocycles. The zero-order valence-electron chi connectivity index (χ0n) is 15.7. The van der Waals surface area contributed by atoms with Gasteiger partial charge in [0.1, 0.15) is 0 Å². The minimum Gasteiger partial charge on any atom is -0.386 e. The van der Waals surface area contributed by atoms with Crippen molar-refractivity contribution in [3.63, 3.8) is 0 Å². The lowest BCUT2D eigenvalue weighted by molar-refractivity contribution is 0.0398. The molecule has 0 aliphatic heterocycles. The number of carbonyl (C=O) groups excluding carboxylic acids is 2. The first kappa shape index (κ1) is 21.2. The Kier molecular flexibility index (Phi) is 9.58. The molecule has 0 bridgehead atoms. The summed E-state index contributed by atoms with van der Waals surface area (Å²) in [5.74, 6) is -1.28. The molecule has 0 atom stereocenters. The van der Waals surface area contributed by atoms with Crippen molar-refractivity contribution in [2.45, 2.75) is 0 Å². The average Bonchev–Trinajstić information content (AvgIpc) is 2.83. The molecule has 144 valence electrons. The number of nitrogens with zero attached hydrogens (tertiary/aromatic N) is 2. The SMILES string of the molecule is O=C(OC(=O)c1ccccc1)c1ccccc1.c1ccncc1.c1ccncc1. The van der Waals surface area contributed by atoms with E-state index in [0.717, 1.165) is 0 Å². The third-order valence-corrected chi connectivity index (χ3v) is 3.34. The Hall–Kier alpha value is -4.12. The summed E-state index contributed by atoms with van der Waals surface area (Å²) in [7, 11) is 0. The molecular weight excluding hydrogens is 364 g/mol. The Balaban J connectivity index is 0.000000202. The quantitative estimate of drug-likeness (QED) is 0.365. The fraction of sp³-hybridized carbons (Fsp3) is 0. The third kappa shape index (κ3) is 8.88. The van der Waals surface area contributed by atoms with Gasteiger partial charge in [-0.05, 0) is 48.5 Å². The number of esters is 2. The first-order valence-corrected chi connectivity index (χ1v) is 8.84. The Morgan fingerprint density at radius 2 is 0.793 bits per heavy atom. The summed E-state index contributed by atoms with van der Waals surface area (Å²) in [4.78, 5) is 30.7. The van der Waals surface area contributed by atoms with Crippen LogP contribution < -0.4 is 0 Å². The molecule has 5 nitrogen and oxygen atoms in total. The number of carbonyl (C=O) groups is 2. The highest BCUT2D eigenvalue weighted by Crippen LogP contribution is 2.06. The molecule has 0 amide bonds. The predicted molar refractivity (Wildman–Crippen MR) is 111 cm³/mol. The Morgan fingerprint density at radius 1 is 0.483 bits per heavy atom. The van der Waals surface area contributed by atoms with Gasteiger partial charge in [0.15, 0.2) is 0 Å². The summed E-state index contributed by atoms with van der Waals surface area (Å²) in [5, 5.41) is 0. The maximum atomic E-state index is 11.6. The third-order valence-electron chi connectivity index (χ3n) is 3.34. The zero-order chi connectivity index (χ0) is 20.6. The van der Waals surface area contributed by atoms with Gasteiger partial charge in [0.05, 0.1) is 11.1 Å². The van der Waals surface area contributed by atoms with Crippen LogP contribution in [-0.2, 0) is 4.74 Å². The number of ether oxygens (including phenoxy) is 1. The van der Waals surface area contributed by atoms with E-state index in [4.69, 9.17) is 4.74 Å². The van der Waals surface area contributed by atoms with Crippen LogP contribution in [0.3, 0.4) is 0 Å². The number of hydrogen-bond acceptors (Lipinski definition) is 5. The van der Waals surface area contributed by atoms with Crippen LogP contribution in [0.25, 0.3) is 0 Å². The highest BCUT2D eigenvalue weighted by Gasteiger charge is 2.13. The number of pyridine rings is 2. The van der Waals surface area contributed by atoms with E-state index in [0.29, 0.717) is 11.1 Å². The van der Waals surface area contributed by atoms with E-state index in [9.17, 15) is 9.59 Å². The van der Waals surface area contributed by atoms with Crippen LogP contribution in [0, 0.1) is 0 Å². The molecule has 29 heavy (non-hydrogen) atoms. The summed E-state index contributed by atoms with van der Waals surface area (Å²) < 4.78 is 4.74. The van der Waals surface area contributed by atoms with Crippen LogP contribution in [0.4, 0.5) is 0 Å². The monoisotopic (exact) mass is 384 g/mol. The fourth-order valence-electron chi connectivity index (χ4n) is 1.98. The van der Waals surface area contributed by atoms with Crippen LogP contribution in [0.1, 0.15) is 20.7 Å². The Labute approximate surface area is 169 Å². The topological polar surface area (TPSA) is 69.2 Å². The van der Waals surface area contributed by atoms with Crippen molar-refractivity contribution < 1.29 is 14.3 Å². The van der Waals surface area contributed by atoms with E-state index >= 15 is 0 Å². The van der Waals surface area contributed by atoms with Gasteiger partial charge in [-0.2, -0.15) is 0 Å². The molecule has 0 spiro atoms. The van der Waals surface area contributed by atoms with Crippen LogP contribution in [0.2, 0.25) is 0 Å². The first-order chi connectivity index (χ1) is 14.3. The Bertz CT molecular complexity index is 814. The van der Waals surface area contributed by atoms with Crippen LogP contribution in [0.5, 0.6) is 0 Å². The van der Waals surface area contributed by atoms with Crippen LogP contribution in [-0.4, -0.2) is 21.9 Å². The van der Waals surface area contributed by atoms with Crippen molar-refractivity contribution in [1.82, 2.24) is 9.97 Å². The van der Waals surface area contributed by atoms with Crippen molar-refractivity contribution in [2.24, 2.45) is 0 Å². The molecule has 4 rings (SSSR count). The standard InChI is InChI=1S/C14H10O3.2C5H5N/c15-13(11-7-3-1-4-8-11)17-14(16)12-9-5-2-6-10-12;2*1-2-4-6-5-3-1/h1-10H;2*1-5H. The molecule has 0 fully saturated rings. The van der Waals surface area contributed by atoms with E-state index in [1.807, 2.05) is 36.4 Å². The largest absolute Gasteiger partial charge is 0.386 e. The lowest BCUT2D eigenvalue weighted by atomic mass is 10.2. The van der Waals surface area contributed by atoms with Gasteiger partial charge in [0.2, 0.25) is 0 Å². The van der Waals surface area contributed by atoms with Gasteiger partial charge in [-0.15, -0.1) is 0 Å². The summed E-state index contributed by atoms with van der Waals surface area (Å²) in [6.45, 7) is 0. The van der Waals surface area contributed by atoms with E-state index in [1.54, 1.807) is 85.5 Å². The maximum Gasteiger partial charge on any atom is 0.346 e. The molecule has 2 aromatic carbocycles. The van der Waals surface area contributed by atoms with Gasteiger partial charge < -0.3 is 4.74 Å². The summed E-state index contributed by atoms with van der Waals surface area (Å²) in [6, 6.07) is 28.2. The molecular formula is C24H20N2O3. The highest BCUT2D eigenvalue weighted by atomic mass is 16.6. The lowest BCUT2D eigenvalue weighted by Gasteiger charge is -2.02. The Morgan fingerprint density at radius 3 is 1.03 bits per heavy atom. The number of hydrogen-bond donors (Lipinski definition) is 0. The van der Waals surface area contributed by atoms with E-state index in [2.05, 4.69) is 9.97 Å². The number of aromatic nitrogens is 2. The van der Waals surface area contributed by atoms with Gasteiger partial charge in [0, 0.05) is 24.8 Å². The van der Waals surface area contributed by atoms with E-state index in [-0.39, 0.29) is 0 Å². The second kappa shape index (κ2) is 13.1. The van der Waals surface area contributed by atoms with Gasteiger partial charge in [-0.3, -0.25) is 9.97 Å². The van der Waals surface area contributed by atoms with Gasteiger partial charge in [-0.25, -0.2) is 9.59 Å². The highest BCUT2D eigenvalue weighted by molar-refractivity contribution is 6.02. The van der Waals surface area contributed by atoms with Crippen LogP contribution in [0.15, 0.2) is 122 Å². The molecule has 5 heteroatoms. The molecule has 4 aromatic rings. The van der Waals surface area contributed by atoms with Gasteiger partial charge in [-0.1, -0.05) is 48.5 Å². The smallest absolute Gasteiger partial charge is 0.346 e. The molecule has 0 saturated heterocycles. The maximum absolute atomic E-state index is 11.6. The van der Waals surface area contributed by atoms with Crippen LogP contribution >= 0.6 is 0 Å². The van der Waals surface area contributed by atoms with Crippen molar-refractivity contribution >= 4 is 11.9 Å². The first-order valence-electron chi connectivity index (χ1n) is 8.84. The molecule has 0 unspecified atom stereocenters. The van der Waals surface area contributed by atoms with Crippen molar-refractivity contribution in [2.75, 3.05) is 0 Å². The molecule has 2 heterocycles. The predicted octanol–water partition coefficient (Wildman–Crippen LogP) is 4.85. The molecule has 0 aliphatic carbocycles. The average molecular weight is 384 g/mol. The normalized spacial score (nSPS) is 8.97. The lowest BCUT2D eigenvalue weighted by Crippen LogP contribution is -2.12. The van der Waals surface area contributed by atoms with Gasteiger partial charge >= 0.3 is 11.9 Å². The molecule has 0 radical (unpaired) electrons. The summed E-state index contributed by atoms with van der Waals surface area (Å²) in [6.07, 6.45) is 7.00. The summed E-state index contributed by atoms with van der Waals surface area (Å²) in [5.41, 5.74) is 0.716. The van der Waals surface area contributed by atoms with Crippen molar-refractivity contribution in [1.29, 1.82) is 0 Å². The van der Waals surface area contributed by atoms with Crippen molar-refractivity contribution in [3.8, 4) is 0 Å². The molecule has 0 aliphatic rings. The molecule has 0 N–H and O–H groups in total. The second-order valence-electron chi connectivity index (χ2n) is 5.46. The number of rotatable bonds is 2.